The number of hydrogen-bond acceptors (Lipinski definition) is 6. The van der Waals surface area contributed by atoms with Crippen molar-refractivity contribution in [3.05, 3.63) is 47.7 Å². The van der Waals surface area contributed by atoms with Crippen LogP contribution in [0.2, 0.25) is 0 Å². The monoisotopic (exact) mass is 297 g/mol. The first kappa shape index (κ1) is 15.4. The van der Waals surface area contributed by atoms with E-state index in [0.717, 1.165) is 0 Å². The van der Waals surface area contributed by atoms with E-state index in [2.05, 4.69) is 20.8 Å². The summed E-state index contributed by atoms with van der Waals surface area (Å²) in [6.07, 6.45) is 0. The molecule has 2 N–H and O–H groups in total. The van der Waals surface area contributed by atoms with Gasteiger partial charge in [-0.1, -0.05) is 0 Å². The molecule has 7 nitrogen and oxygen atoms in total. The Labute approximate surface area is 127 Å². The molecule has 0 aliphatic rings. The van der Waals surface area contributed by atoms with Crippen molar-refractivity contribution in [2.75, 3.05) is 30.9 Å². The van der Waals surface area contributed by atoms with E-state index in [4.69, 9.17) is 10.00 Å². The molecule has 2 aromatic rings. The first-order chi connectivity index (χ1) is 10.7. The first-order valence-corrected chi connectivity index (χ1v) is 6.61. The Kier molecular flexibility index (Phi) is 5.40. The quantitative estimate of drug-likeness (QED) is 0.786. The zero-order valence-corrected chi connectivity index (χ0v) is 12.0. The molecule has 2 rings (SSSR count). The maximum atomic E-state index is 12.0. The van der Waals surface area contributed by atoms with Crippen LogP contribution >= 0.6 is 0 Å². The van der Waals surface area contributed by atoms with Gasteiger partial charge in [0.15, 0.2) is 5.69 Å². The number of methoxy groups -OCH3 is 1. The number of aromatic nitrogens is 2. The zero-order chi connectivity index (χ0) is 15.8. The van der Waals surface area contributed by atoms with Crippen molar-refractivity contribution in [3.63, 3.8) is 0 Å². The number of hydrogen-bond donors (Lipinski definition) is 2. The number of nitrogens with zero attached hydrogens (tertiary/aromatic N) is 3. The van der Waals surface area contributed by atoms with Crippen LogP contribution in [-0.4, -0.2) is 36.4 Å². The summed E-state index contributed by atoms with van der Waals surface area (Å²) in [5, 5.41) is 22.2. The number of benzene rings is 1. The van der Waals surface area contributed by atoms with Crippen LogP contribution < -0.4 is 10.6 Å². The maximum Gasteiger partial charge on any atom is 0.276 e. The predicted molar refractivity (Wildman–Crippen MR) is 81.5 cm³/mol. The summed E-state index contributed by atoms with van der Waals surface area (Å²) in [5.74, 6) is 0.215. The number of nitriles is 1. The molecule has 1 heterocycles. The van der Waals surface area contributed by atoms with Gasteiger partial charge in [-0.3, -0.25) is 4.79 Å². The molecule has 0 bridgehead atoms. The number of rotatable bonds is 6. The minimum atomic E-state index is -0.361. The van der Waals surface area contributed by atoms with Gasteiger partial charge in [-0.05, 0) is 36.4 Å². The Hall–Kier alpha value is -2.98. The van der Waals surface area contributed by atoms with E-state index in [1.807, 2.05) is 6.07 Å². The standard InChI is InChI=1S/C15H15N5O2/c1-22-9-8-17-14-7-6-13(19-20-14)15(21)18-12-4-2-11(10-16)3-5-12/h2-7H,8-9H2,1H3,(H,17,20)(H,18,21). The highest BCUT2D eigenvalue weighted by atomic mass is 16.5. The average molecular weight is 297 g/mol. The molecule has 7 heteroatoms. The Morgan fingerprint density at radius 2 is 2.00 bits per heavy atom. The number of amides is 1. The van der Waals surface area contributed by atoms with Gasteiger partial charge in [0.25, 0.3) is 5.91 Å². The van der Waals surface area contributed by atoms with Crippen molar-refractivity contribution in [2.24, 2.45) is 0 Å². The predicted octanol–water partition coefficient (Wildman–Crippen LogP) is 1.66. The number of ether oxygens (including phenoxy) is 1. The lowest BCUT2D eigenvalue weighted by Crippen LogP contribution is -2.15. The van der Waals surface area contributed by atoms with Gasteiger partial charge >= 0.3 is 0 Å². The molecule has 1 amide bonds. The van der Waals surface area contributed by atoms with E-state index < -0.39 is 0 Å². The summed E-state index contributed by atoms with van der Waals surface area (Å²) in [7, 11) is 1.62. The van der Waals surface area contributed by atoms with Crippen LogP contribution in [0.4, 0.5) is 11.5 Å². The molecule has 0 aliphatic carbocycles. The Morgan fingerprint density at radius 3 is 2.59 bits per heavy atom. The summed E-state index contributed by atoms with van der Waals surface area (Å²) in [6, 6.07) is 11.8. The zero-order valence-electron chi connectivity index (χ0n) is 12.0. The lowest BCUT2D eigenvalue weighted by Gasteiger charge is -2.06. The topological polar surface area (TPSA) is 99.9 Å². The van der Waals surface area contributed by atoms with Crippen LogP contribution in [0.25, 0.3) is 0 Å². The van der Waals surface area contributed by atoms with Crippen molar-refractivity contribution in [1.82, 2.24) is 10.2 Å². The van der Waals surface area contributed by atoms with E-state index in [1.54, 1.807) is 43.5 Å². The third-order valence-corrected chi connectivity index (χ3v) is 2.78. The fraction of sp³-hybridized carbons (Fsp3) is 0.200. The second-order valence-corrected chi connectivity index (χ2v) is 4.37. The van der Waals surface area contributed by atoms with Crippen molar-refractivity contribution >= 4 is 17.4 Å². The summed E-state index contributed by atoms with van der Waals surface area (Å²) >= 11 is 0. The molecule has 0 unspecified atom stereocenters. The fourth-order valence-electron chi connectivity index (χ4n) is 1.65. The summed E-state index contributed by atoms with van der Waals surface area (Å²) < 4.78 is 4.91. The van der Waals surface area contributed by atoms with Crippen molar-refractivity contribution in [1.29, 1.82) is 5.26 Å². The van der Waals surface area contributed by atoms with E-state index in [1.165, 1.54) is 0 Å². The van der Waals surface area contributed by atoms with E-state index >= 15 is 0 Å². The molecule has 0 atom stereocenters. The molecule has 0 aliphatic heterocycles. The molecular weight excluding hydrogens is 282 g/mol. The highest BCUT2D eigenvalue weighted by Gasteiger charge is 2.08. The minimum absolute atomic E-state index is 0.210. The van der Waals surface area contributed by atoms with Gasteiger partial charge in [-0.25, -0.2) is 0 Å². The number of nitrogens with one attached hydrogen (secondary N) is 2. The molecule has 0 saturated carbocycles. The number of anilines is 2. The van der Waals surface area contributed by atoms with Gasteiger partial charge in [0.05, 0.1) is 18.2 Å². The molecule has 1 aromatic carbocycles. The van der Waals surface area contributed by atoms with Crippen LogP contribution in [0, 0.1) is 11.3 Å². The SMILES string of the molecule is COCCNc1ccc(C(=O)Nc2ccc(C#N)cc2)nn1. The smallest absolute Gasteiger partial charge is 0.276 e. The van der Waals surface area contributed by atoms with Crippen molar-refractivity contribution < 1.29 is 9.53 Å². The van der Waals surface area contributed by atoms with Gasteiger partial charge in [-0.2, -0.15) is 5.26 Å². The summed E-state index contributed by atoms with van der Waals surface area (Å²) in [4.78, 5) is 12.0. The molecule has 0 radical (unpaired) electrons. The van der Waals surface area contributed by atoms with Gasteiger partial charge in [0, 0.05) is 19.3 Å². The molecule has 22 heavy (non-hydrogen) atoms. The van der Waals surface area contributed by atoms with Crippen molar-refractivity contribution in [3.8, 4) is 6.07 Å². The Morgan fingerprint density at radius 1 is 1.23 bits per heavy atom. The molecular formula is C15H15N5O2. The summed E-state index contributed by atoms with van der Waals surface area (Å²) in [5.41, 5.74) is 1.33. The Balaban J connectivity index is 1.95. The van der Waals surface area contributed by atoms with Crippen LogP contribution in [-0.2, 0) is 4.74 Å². The normalized spacial score (nSPS) is 9.82. The van der Waals surface area contributed by atoms with E-state index in [0.29, 0.717) is 30.2 Å². The van der Waals surface area contributed by atoms with E-state index in [-0.39, 0.29) is 11.6 Å². The maximum absolute atomic E-state index is 12.0. The second kappa shape index (κ2) is 7.71. The average Bonchev–Trinajstić information content (AvgIpc) is 2.56. The van der Waals surface area contributed by atoms with Gasteiger partial charge in [-0.15, -0.1) is 10.2 Å². The van der Waals surface area contributed by atoms with Crippen LogP contribution in [0.1, 0.15) is 16.1 Å². The third kappa shape index (κ3) is 4.26. The van der Waals surface area contributed by atoms with Gasteiger partial charge in [0.2, 0.25) is 0 Å². The van der Waals surface area contributed by atoms with Crippen LogP contribution in [0.15, 0.2) is 36.4 Å². The lowest BCUT2D eigenvalue weighted by atomic mass is 10.2. The van der Waals surface area contributed by atoms with Gasteiger partial charge < -0.3 is 15.4 Å². The largest absolute Gasteiger partial charge is 0.383 e. The molecule has 0 saturated heterocycles. The minimum Gasteiger partial charge on any atom is -0.383 e. The molecule has 0 spiro atoms. The first-order valence-electron chi connectivity index (χ1n) is 6.61. The highest BCUT2D eigenvalue weighted by molar-refractivity contribution is 6.02. The number of carbonyl (C=O) groups is 1. The van der Waals surface area contributed by atoms with Gasteiger partial charge in [0.1, 0.15) is 5.82 Å². The molecule has 112 valence electrons. The second-order valence-electron chi connectivity index (χ2n) is 4.37. The molecule has 0 fully saturated rings. The van der Waals surface area contributed by atoms with Crippen LogP contribution in [0.3, 0.4) is 0 Å². The highest BCUT2D eigenvalue weighted by Crippen LogP contribution is 2.10. The van der Waals surface area contributed by atoms with Crippen LogP contribution in [0.5, 0.6) is 0 Å². The number of carbonyl (C=O) groups excluding carboxylic acids is 1. The van der Waals surface area contributed by atoms with E-state index in [9.17, 15) is 4.79 Å². The summed E-state index contributed by atoms with van der Waals surface area (Å²) in [6.45, 7) is 1.17. The fourth-order valence-corrected chi connectivity index (χ4v) is 1.65. The third-order valence-electron chi connectivity index (χ3n) is 2.78. The van der Waals surface area contributed by atoms with Crippen molar-refractivity contribution in [2.45, 2.75) is 0 Å². The lowest BCUT2D eigenvalue weighted by molar-refractivity contribution is 0.102. The molecule has 1 aromatic heterocycles. The Bertz CT molecular complexity index is 662.